The van der Waals surface area contributed by atoms with E-state index in [9.17, 15) is 4.39 Å². The molecule has 0 fully saturated rings. The summed E-state index contributed by atoms with van der Waals surface area (Å²) in [5, 5.41) is 10.9. The second kappa shape index (κ2) is 4.48. The zero-order valence-corrected chi connectivity index (χ0v) is 11.0. The molecule has 0 atom stereocenters. The second-order valence-corrected chi connectivity index (χ2v) is 5.06. The van der Waals surface area contributed by atoms with Gasteiger partial charge in [-0.3, -0.25) is 4.40 Å². The Kier molecular flexibility index (Phi) is 2.80. The van der Waals surface area contributed by atoms with Crippen LogP contribution in [0.25, 0.3) is 16.2 Å². The Hall–Kier alpha value is -2.19. The number of rotatable bonds is 2. The van der Waals surface area contributed by atoms with Crippen molar-refractivity contribution in [2.75, 3.05) is 0 Å². The van der Waals surface area contributed by atoms with Crippen molar-refractivity contribution >= 4 is 16.3 Å². The van der Waals surface area contributed by atoms with Gasteiger partial charge in [0.15, 0.2) is 4.96 Å². The molecule has 0 saturated carbocycles. The van der Waals surface area contributed by atoms with Gasteiger partial charge in [0.2, 0.25) is 0 Å². The number of imidazole rings is 1. The summed E-state index contributed by atoms with van der Waals surface area (Å²) in [6.45, 7) is 1.90. The first-order valence-corrected chi connectivity index (χ1v) is 6.67. The first-order chi connectivity index (χ1) is 9.20. The third-order valence-electron chi connectivity index (χ3n) is 3.05. The molecule has 3 aromatic rings. The number of aryl methyl sites for hydroxylation is 1. The van der Waals surface area contributed by atoms with Crippen LogP contribution in [-0.2, 0) is 6.42 Å². The van der Waals surface area contributed by atoms with Crippen molar-refractivity contribution in [3.8, 4) is 17.3 Å². The van der Waals surface area contributed by atoms with Crippen molar-refractivity contribution in [3.05, 3.63) is 46.9 Å². The lowest BCUT2D eigenvalue weighted by atomic mass is 10.1. The molecule has 2 heterocycles. The van der Waals surface area contributed by atoms with Crippen LogP contribution in [0, 0.1) is 24.1 Å². The normalized spacial score (nSPS) is 10.8. The third kappa shape index (κ3) is 1.90. The summed E-state index contributed by atoms with van der Waals surface area (Å²) >= 11 is 1.52. The number of nitrogens with zero attached hydrogens (tertiary/aromatic N) is 3. The van der Waals surface area contributed by atoms with Crippen molar-refractivity contribution in [1.82, 2.24) is 9.38 Å². The SMILES string of the molecule is Cc1nc2scc(-c3ccc(F)cc3)n2c1CC#N. The summed E-state index contributed by atoms with van der Waals surface area (Å²) in [4.78, 5) is 5.31. The molecule has 3 nitrogen and oxygen atoms in total. The Morgan fingerprint density at radius 2 is 2.11 bits per heavy atom. The number of nitriles is 1. The number of thiazole rings is 1. The average molecular weight is 271 g/mol. The molecule has 1 aromatic carbocycles. The van der Waals surface area contributed by atoms with Crippen LogP contribution in [0.15, 0.2) is 29.6 Å². The lowest BCUT2D eigenvalue weighted by Crippen LogP contribution is -1.94. The maximum Gasteiger partial charge on any atom is 0.194 e. The fourth-order valence-corrected chi connectivity index (χ4v) is 3.09. The molecule has 0 amide bonds. The molecule has 0 aliphatic carbocycles. The topological polar surface area (TPSA) is 41.1 Å². The average Bonchev–Trinajstić information content (AvgIpc) is 2.92. The van der Waals surface area contributed by atoms with Crippen LogP contribution in [-0.4, -0.2) is 9.38 Å². The number of hydrogen-bond donors (Lipinski definition) is 0. The highest BCUT2D eigenvalue weighted by Crippen LogP contribution is 2.29. The van der Waals surface area contributed by atoms with Crippen LogP contribution in [0.4, 0.5) is 4.39 Å². The first kappa shape index (κ1) is 11.9. The van der Waals surface area contributed by atoms with E-state index in [0.29, 0.717) is 6.42 Å². The number of aromatic nitrogens is 2. The van der Waals surface area contributed by atoms with Crippen LogP contribution >= 0.6 is 11.3 Å². The number of benzene rings is 1. The van der Waals surface area contributed by atoms with Crippen molar-refractivity contribution in [2.45, 2.75) is 13.3 Å². The Morgan fingerprint density at radius 3 is 2.79 bits per heavy atom. The van der Waals surface area contributed by atoms with E-state index in [1.165, 1.54) is 23.5 Å². The zero-order chi connectivity index (χ0) is 13.4. The smallest absolute Gasteiger partial charge is 0.194 e. The van der Waals surface area contributed by atoms with Crippen LogP contribution in [0.2, 0.25) is 0 Å². The van der Waals surface area contributed by atoms with E-state index in [0.717, 1.165) is 27.6 Å². The summed E-state index contributed by atoms with van der Waals surface area (Å²) in [6, 6.07) is 8.52. The molecule has 2 aromatic heterocycles. The molecular weight excluding hydrogens is 261 g/mol. The van der Waals surface area contributed by atoms with Gasteiger partial charge >= 0.3 is 0 Å². The standard InChI is InChI=1S/C14H10FN3S/c1-9-12(6-7-16)18-13(8-19-14(18)17-9)10-2-4-11(15)5-3-10/h2-5,8H,6H2,1H3. The molecule has 0 N–H and O–H groups in total. The van der Waals surface area contributed by atoms with Crippen LogP contribution < -0.4 is 0 Å². The fraction of sp³-hybridized carbons (Fsp3) is 0.143. The van der Waals surface area contributed by atoms with E-state index in [2.05, 4.69) is 11.1 Å². The highest BCUT2D eigenvalue weighted by Gasteiger charge is 2.14. The van der Waals surface area contributed by atoms with Crippen molar-refractivity contribution < 1.29 is 4.39 Å². The number of halogens is 1. The molecule has 3 rings (SSSR count). The summed E-state index contributed by atoms with van der Waals surface area (Å²) in [6.07, 6.45) is 0.317. The van der Waals surface area contributed by atoms with Gasteiger partial charge in [-0.25, -0.2) is 9.37 Å². The van der Waals surface area contributed by atoms with Crippen LogP contribution in [0.1, 0.15) is 11.4 Å². The maximum atomic E-state index is 13.0. The predicted octanol–water partition coefficient (Wildman–Crippen LogP) is 3.58. The van der Waals surface area contributed by atoms with E-state index in [-0.39, 0.29) is 5.82 Å². The van der Waals surface area contributed by atoms with Gasteiger partial charge < -0.3 is 0 Å². The number of fused-ring (bicyclic) bond motifs is 1. The fourth-order valence-electron chi connectivity index (χ4n) is 2.12. The molecule has 0 radical (unpaired) electrons. The van der Waals surface area contributed by atoms with Crippen molar-refractivity contribution in [1.29, 1.82) is 5.26 Å². The Bertz CT molecular complexity index is 777. The van der Waals surface area contributed by atoms with Gasteiger partial charge in [-0.05, 0) is 36.8 Å². The highest BCUT2D eigenvalue weighted by molar-refractivity contribution is 7.15. The Labute approximate surface area is 113 Å². The Morgan fingerprint density at radius 1 is 1.37 bits per heavy atom. The minimum Gasteiger partial charge on any atom is -0.286 e. The van der Waals surface area contributed by atoms with E-state index in [1.807, 2.05) is 16.7 Å². The summed E-state index contributed by atoms with van der Waals surface area (Å²) in [5.41, 5.74) is 3.64. The molecule has 19 heavy (non-hydrogen) atoms. The van der Waals surface area contributed by atoms with E-state index in [4.69, 9.17) is 5.26 Å². The van der Waals surface area contributed by atoms with E-state index < -0.39 is 0 Å². The quantitative estimate of drug-likeness (QED) is 0.715. The van der Waals surface area contributed by atoms with Crippen LogP contribution in [0.5, 0.6) is 0 Å². The van der Waals surface area contributed by atoms with Gasteiger partial charge in [0.1, 0.15) is 5.82 Å². The molecule has 5 heteroatoms. The molecule has 0 bridgehead atoms. The van der Waals surface area contributed by atoms with Crippen molar-refractivity contribution in [3.63, 3.8) is 0 Å². The minimum atomic E-state index is -0.255. The zero-order valence-electron chi connectivity index (χ0n) is 10.2. The molecule has 0 aliphatic rings. The van der Waals surface area contributed by atoms with Gasteiger partial charge in [0.05, 0.1) is 29.6 Å². The van der Waals surface area contributed by atoms with Gasteiger partial charge in [0, 0.05) is 5.38 Å². The lowest BCUT2D eigenvalue weighted by Gasteiger charge is -2.03. The first-order valence-electron chi connectivity index (χ1n) is 5.79. The number of hydrogen-bond acceptors (Lipinski definition) is 3. The molecule has 94 valence electrons. The molecule has 0 aliphatic heterocycles. The molecule has 0 saturated heterocycles. The minimum absolute atomic E-state index is 0.255. The monoisotopic (exact) mass is 271 g/mol. The largest absolute Gasteiger partial charge is 0.286 e. The maximum absolute atomic E-state index is 13.0. The van der Waals surface area contributed by atoms with Crippen molar-refractivity contribution in [2.24, 2.45) is 0 Å². The molecular formula is C14H10FN3S. The van der Waals surface area contributed by atoms with Gasteiger partial charge in [0.25, 0.3) is 0 Å². The van der Waals surface area contributed by atoms with Gasteiger partial charge in [-0.15, -0.1) is 11.3 Å². The van der Waals surface area contributed by atoms with E-state index >= 15 is 0 Å². The summed E-state index contributed by atoms with van der Waals surface area (Å²) < 4.78 is 15.0. The predicted molar refractivity (Wildman–Crippen MR) is 72.5 cm³/mol. The Balaban J connectivity index is 2.24. The van der Waals surface area contributed by atoms with Crippen LogP contribution in [0.3, 0.4) is 0 Å². The third-order valence-corrected chi connectivity index (χ3v) is 3.87. The lowest BCUT2D eigenvalue weighted by molar-refractivity contribution is 0.628. The summed E-state index contributed by atoms with van der Waals surface area (Å²) in [7, 11) is 0. The highest BCUT2D eigenvalue weighted by atomic mass is 32.1. The van der Waals surface area contributed by atoms with E-state index in [1.54, 1.807) is 12.1 Å². The van der Waals surface area contributed by atoms with Gasteiger partial charge in [-0.1, -0.05) is 0 Å². The second-order valence-electron chi connectivity index (χ2n) is 4.22. The summed E-state index contributed by atoms with van der Waals surface area (Å²) in [5.74, 6) is -0.255. The molecule has 0 unspecified atom stereocenters. The van der Waals surface area contributed by atoms with Gasteiger partial charge in [-0.2, -0.15) is 5.26 Å². The molecule has 0 spiro atoms.